The molecule has 3 saturated heterocycles. The van der Waals surface area contributed by atoms with Gasteiger partial charge < -0.3 is 108 Å². The van der Waals surface area contributed by atoms with Gasteiger partial charge in [0, 0.05) is 103 Å². The van der Waals surface area contributed by atoms with E-state index in [1.54, 1.807) is 105 Å². The van der Waals surface area contributed by atoms with Crippen LogP contribution in [-0.2, 0) is 123 Å². The van der Waals surface area contributed by atoms with Crippen molar-refractivity contribution in [2.24, 2.45) is 17.4 Å². The third kappa shape index (κ3) is 29.0. The van der Waals surface area contributed by atoms with Crippen molar-refractivity contribution in [1.29, 1.82) is 0 Å². The van der Waals surface area contributed by atoms with Gasteiger partial charge in [-0.3, -0.25) is 76.7 Å². The van der Waals surface area contributed by atoms with E-state index in [1.807, 2.05) is 6.92 Å². The summed E-state index contributed by atoms with van der Waals surface area (Å²) in [6.07, 6.45) is 0.447. The molecular weight excluding hydrogens is 1750 g/mol. The molecule has 15 amide bonds. The Morgan fingerprint density at radius 1 is 0.579 bits per heavy atom. The number of para-hydroxylation sites is 1. The number of thioether (sulfide) groups is 1. The first-order valence-electron chi connectivity index (χ1n) is 44.0. The number of aromatic nitrogens is 1. The Bertz CT molecular complexity index is 5060. The van der Waals surface area contributed by atoms with Gasteiger partial charge in [-0.2, -0.15) is 0 Å². The van der Waals surface area contributed by atoms with Crippen molar-refractivity contribution in [3.63, 3.8) is 0 Å². The molecule has 15 N–H and O–H groups in total. The number of rotatable bonds is 26. The molecule has 718 valence electrons. The average molecular weight is 1870 g/mol. The van der Waals surface area contributed by atoms with E-state index in [4.69, 9.17) is 25.7 Å². The van der Waals surface area contributed by atoms with Crippen molar-refractivity contribution in [3.8, 4) is 5.75 Å². The van der Waals surface area contributed by atoms with Gasteiger partial charge in [0.1, 0.15) is 90.9 Å². The number of carbonyl (C=O) groups excluding carboxylic acids is 16. The average Bonchev–Trinajstić information content (AvgIpc) is 1.18. The van der Waals surface area contributed by atoms with Gasteiger partial charge in [-0.25, -0.2) is 13.2 Å². The zero-order valence-electron chi connectivity index (χ0n) is 75.2. The second-order valence-electron chi connectivity index (χ2n) is 33.3. The normalized spacial score (nSPS) is 23.6. The lowest BCUT2D eigenvalue weighted by Gasteiger charge is -2.40. The highest BCUT2D eigenvalue weighted by Crippen LogP contribution is 2.27. The van der Waals surface area contributed by atoms with E-state index in [0.717, 1.165) is 19.6 Å². The maximum atomic E-state index is 15.7. The molecule has 3 aliphatic rings. The molecule has 133 heavy (non-hydrogen) atoms. The predicted octanol–water partition coefficient (Wildman–Crippen LogP) is 0.525. The number of ether oxygens (including phenoxy) is 3. The number of aromatic hydroxyl groups is 1. The summed E-state index contributed by atoms with van der Waals surface area (Å²) in [5.74, 6) is -21.8. The molecule has 1 aromatic heterocycles. The number of fused-ring (bicyclic) bond motifs is 3. The number of unbranched alkanes of at least 4 members (excludes halogenated alkanes) is 1. The number of phenols is 1. The molecule has 0 aliphatic carbocycles. The van der Waals surface area contributed by atoms with Gasteiger partial charge in [-0.15, -0.1) is 11.8 Å². The number of primary amides is 1. The topological polar surface area (TPSA) is 513 Å². The summed E-state index contributed by atoms with van der Waals surface area (Å²) in [7, 11) is 5.08. The number of hydrogen-bond acceptors (Lipinski definition) is 22. The van der Waals surface area contributed by atoms with E-state index in [-0.39, 0.29) is 121 Å². The van der Waals surface area contributed by atoms with Crippen molar-refractivity contribution in [1.82, 2.24) is 77.3 Å². The summed E-state index contributed by atoms with van der Waals surface area (Å²) in [6, 6.07) is 9.86. The van der Waals surface area contributed by atoms with Crippen molar-refractivity contribution in [2.45, 2.75) is 183 Å². The zero-order chi connectivity index (χ0) is 96.7. The molecule has 41 heteroatoms. The maximum absolute atomic E-state index is 15.7. The fraction of sp³-hybridized carbons (Fsp3) is 0.478. The van der Waals surface area contributed by atoms with Gasteiger partial charge >= 0.3 is 0 Å². The second-order valence-corrected chi connectivity index (χ2v) is 34.3. The fourth-order valence-electron chi connectivity index (χ4n) is 16.0. The number of nitrogens with one attached hydrogen (secondary N) is 10. The number of likely N-dealkylation sites (N-methyl/N-ethyl adjacent to an activating group) is 3. The summed E-state index contributed by atoms with van der Waals surface area (Å²) < 4.78 is 61.4. The summed E-state index contributed by atoms with van der Waals surface area (Å²) in [5.41, 5.74) is 13.7. The van der Waals surface area contributed by atoms with E-state index in [9.17, 15) is 43.1 Å². The molecular formula is C92H118F3N17O20S. The second kappa shape index (κ2) is 50.6. The van der Waals surface area contributed by atoms with E-state index >= 15 is 51.9 Å². The van der Waals surface area contributed by atoms with Crippen LogP contribution < -0.4 is 59.3 Å². The quantitative estimate of drug-likeness (QED) is 0.0260. The number of benzene rings is 5. The molecule has 0 radical (unpaired) electrons. The van der Waals surface area contributed by atoms with Crippen molar-refractivity contribution in [2.75, 3.05) is 92.4 Å². The molecule has 9 rings (SSSR count). The first-order valence-corrected chi connectivity index (χ1v) is 45.1. The number of nitrogens with zero attached hydrogens (tertiary/aromatic N) is 5. The third-order valence-electron chi connectivity index (χ3n) is 23.4. The molecule has 13 atom stereocenters. The summed E-state index contributed by atoms with van der Waals surface area (Å²) >= 11 is 0.661. The van der Waals surface area contributed by atoms with Crippen LogP contribution in [0.25, 0.3) is 10.9 Å². The van der Waals surface area contributed by atoms with Gasteiger partial charge in [0.25, 0.3) is 6.47 Å². The molecule has 0 bridgehead atoms. The van der Waals surface area contributed by atoms with Gasteiger partial charge in [-0.1, -0.05) is 125 Å². The minimum atomic E-state index is -1.88. The number of aromatic amines is 1. The molecule has 5 aromatic carbocycles. The van der Waals surface area contributed by atoms with Gasteiger partial charge in [0.15, 0.2) is 17.5 Å². The third-order valence-corrected chi connectivity index (χ3v) is 24.5. The molecule has 0 unspecified atom stereocenters. The van der Waals surface area contributed by atoms with Gasteiger partial charge in [0.05, 0.1) is 25.5 Å². The Kier molecular flexibility index (Phi) is 39.4. The van der Waals surface area contributed by atoms with E-state index in [0.29, 0.717) is 63.5 Å². The lowest BCUT2D eigenvalue weighted by Crippen LogP contribution is -2.64. The number of morpholine rings is 1. The highest BCUT2D eigenvalue weighted by atomic mass is 32.2. The number of hydrogen-bond donors (Lipinski definition) is 13. The van der Waals surface area contributed by atoms with E-state index in [1.165, 1.54) is 57.4 Å². The monoisotopic (exact) mass is 1870 g/mol. The van der Waals surface area contributed by atoms with Crippen LogP contribution in [0.15, 0.2) is 128 Å². The molecule has 3 fully saturated rings. The Balaban J connectivity index is 1.13. The van der Waals surface area contributed by atoms with Crippen LogP contribution in [-0.4, -0.2) is 301 Å². The lowest BCUT2D eigenvalue weighted by molar-refractivity contribution is -0.158. The van der Waals surface area contributed by atoms with Gasteiger partial charge in [0.2, 0.25) is 88.6 Å². The van der Waals surface area contributed by atoms with E-state index in [2.05, 4.69) is 52.8 Å². The molecule has 37 nitrogen and oxygen atoms in total. The van der Waals surface area contributed by atoms with Crippen LogP contribution in [0.1, 0.15) is 100.0 Å². The Labute approximate surface area is 771 Å². The SMILES string of the molecule is CCCC[C@H]1C(=O)N2CCOC[C@@H]2C(=O)N[C@@H](COC=O)C(=O)N[C@@H](C(C)C)C(=O)N(C)[C@@H](Cc2ccccc2)C(=O)N[C@@H](CCCN)C(=O)N2CCC[C@@H]2C(=O)N[C@@H](Cc2c[nH]c3ccccc23)C(=O)N[C@@H](Cc2ccc(O)cc2)C(=O)N[C@@H](CCOC)C(=O)N[C@H](C(=O)NCC(N)=O)CSCC(=O)N[C@@H](Cc2cc(F)c(F)c(F)c2)C(=O)N(C)[C@@H](Cc2ccccc2)C(=O)N1C. The first-order chi connectivity index (χ1) is 63.6. The van der Waals surface area contributed by atoms with Gasteiger partial charge in [-0.05, 0) is 109 Å². The van der Waals surface area contributed by atoms with Crippen molar-refractivity contribution in [3.05, 3.63) is 173 Å². The van der Waals surface area contributed by atoms with Crippen LogP contribution in [0, 0.1) is 23.4 Å². The van der Waals surface area contributed by atoms with Crippen LogP contribution in [0.4, 0.5) is 13.2 Å². The first kappa shape index (κ1) is 104. The Morgan fingerprint density at radius 2 is 1.14 bits per heavy atom. The largest absolute Gasteiger partial charge is 0.508 e. The standard InChI is InChI=1S/C92H118F3N17O20S/c1-8-9-27-72-91(128)112-36-38-131-49-75(112)87(124)105-69(48-132-52-113)84(121)107-79(53(2)3)92(129)109(5)73(43-54-20-12-10-13-21-54)86(123)102-65(26-18-34-96)89(126)111-35-19-28-71(111)85(122)104-67(45-58-46-98-63-25-17-16-24-60(58)63)83(120)103-66(41-56-29-31-59(114)32-30-56)82(119)101-64(33-37-130-7)81(118)106-70(80(117)99-47-76(97)115)50-133-51-77(116)100-68(42-57-39-61(93)78(95)62(94)40-57)88(125)110(6)74(90(127)108(72)4)44-55-22-14-11-15-23-55/h10-17,20-25,29-32,39-40,46,52-53,64-75,79,98,114H,8-9,18-19,26-28,33-38,41-45,47-51,96H2,1-7H3,(H2,97,115)(H,99,117)(H,100,116)(H,101,119)(H,102,123)(H,103,120)(H,104,122)(H,105,124)(H,106,118)(H,107,121)/t64-,65-,66-,67-,68-,69-,70-,71+,72-,73-,74-,75+,79-/m0/s1. The minimum absolute atomic E-state index is 0.00352. The van der Waals surface area contributed by atoms with Crippen molar-refractivity contribution < 1.29 is 109 Å². The predicted molar refractivity (Wildman–Crippen MR) is 481 cm³/mol. The van der Waals surface area contributed by atoms with E-state index < -0.39 is 228 Å². The van der Waals surface area contributed by atoms with Crippen molar-refractivity contribution >= 4 is 118 Å². The Morgan fingerprint density at radius 3 is 1.78 bits per heavy atom. The molecule has 4 heterocycles. The van der Waals surface area contributed by atoms with Crippen LogP contribution in [0.2, 0.25) is 0 Å². The highest BCUT2D eigenvalue weighted by Gasteiger charge is 2.46. The zero-order valence-corrected chi connectivity index (χ0v) is 76.0. The maximum Gasteiger partial charge on any atom is 0.293 e. The number of nitrogens with two attached hydrogens (primary N) is 2. The molecule has 0 saturated carbocycles. The minimum Gasteiger partial charge on any atom is -0.508 e. The number of carbonyl (C=O) groups is 16. The molecule has 0 spiro atoms. The highest BCUT2D eigenvalue weighted by molar-refractivity contribution is 8.00. The number of amides is 15. The molecule has 3 aliphatic heterocycles. The van der Waals surface area contributed by atoms with Crippen LogP contribution in [0.5, 0.6) is 5.75 Å². The summed E-state index contributed by atoms with van der Waals surface area (Å²) in [4.78, 5) is 246. The number of methoxy groups -OCH3 is 1. The lowest BCUT2D eigenvalue weighted by atomic mass is 9.98. The smallest absolute Gasteiger partial charge is 0.293 e. The number of H-pyrrole nitrogens is 1. The summed E-state index contributed by atoms with van der Waals surface area (Å²) in [5, 5.41) is 34.8. The summed E-state index contributed by atoms with van der Waals surface area (Å²) in [6.45, 7) is 2.19. The van der Waals surface area contributed by atoms with Crippen LogP contribution in [0.3, 0.4) is 0 Å². The number of phenolic OH excluding ortho intramolecular Hbond substituents is 1. The van der Waals surface area contributed by atoms with Crippen LogP contribution >= 0.6 is 11.8 Å². The Hall–Kier alpha value is -13.0. The molecule has 6 aromatic rings. The fourth-order valence-corrected chi connectivity index (χ4v) is 16.9. The number of halogens is 3.